The summed E-state index contributed by atoms with van der Waals surface area (Å²) in [5.41, 5.74) is 3.62. The zero-order chi connectivity index (χ0) is 12.8. The number of amides is 1. The Bertz CT molecular complexity index is 386. The second kappa shape index (κ2) is 6.35. The van der Waals surface area contributed by atoms with E-state index in [0.29, 0.717) is 25.9 Å². The maximum atomic E-state index is 13.1. The molecule has 1 N–H and O–H groups in total. The smallest absolute Gasteiger partial charge is 0.353 e. The molecule has 5 heteroatoms. The number of hydroxylamine groups is 1. The van der Waals surface area contributed by atoms with Gasteiger partial charge in [0.25, 0.3) is 0 Å². The van der Waals surface area contributed by atoms with Crippen LogP contribution in [0.25, 0.3) is 0 Å². The van der Waals surface area contributed by atoms with Crippen molar-refractivity contribution in [2.45, 2.75) is 25.6 Å². The van der Waals surface area contributed by atoms with E-state index in [-0.39, 0.29) is 6.54 Å². The Labute approximate surface area is 106 Å². The zero-order valence-corrected chi connectivity index (χ0v) is 10.1. The number of carbonyl (C=O) groups excluding carboxylic acids is 1. The van der Waals surface area contributed by atoms with Gasteiger partial charge in [-0.05, 0) is 18.4 Å². The largest absolute Gasteiger partial charge is 0.428 e. The van der Waals surface area contributed by atoms with Crippen molar-refractivity contribution in [3.05, 3.63) is 35.9 Å². The van der Waals surface area contributed by atoms with Gasteiger partial charge in [-0.2, -0.15) is 0 Å². The molecule has 1 unspecified atom stereocenters. The van der Waals surface area contributed by atoms with Crippen LogP contribution in [0.5, 0.6) is 0 Å². The molecule has 1 amide bonds. The van der Waals surface area contributed by atoms with Crippen molar-refractivity contribution in [2.24, 2.45) is 0 Å². The van der Waals surface area contributed by atoms with Gasteiger partial charge in [-0.15, -0.1) is 5.48 Å². The molecule has 1 fully saturated rings. The first-order valence-electron chi connectivity index (χ1n) is 6.12. The molecular weight excluding hydrogens is 235 g/mol. The maximum absolute atomic E-state index is 13.1. The summed E-state index contributed by atoms with van der Waals surface area (Å²) < 4.78 is 13.1. The Morgan fingerprint density at radius 1 is 1.44 bits per heavy atom. The molecule has 98 valence electrons. The molecular formula is C13H17FN2O2. The fraction of sp³-hybridized carbons (Fsp3) is 0.462. The van der Waals surface area contributed by atoms with E-state index in [2.05, 4.69) is 5.48 Å². The lowest BCUT2D eigenvalue weighted by Gasteiger charge is -2.27. The van der Waals surface area contributed by atoms with Gasteiger partial charge in [0.15, 0.2) is 0 Å². The van der Waals surface area contributed by atoms with Crippen LogP contribution in [-0.2, 0) is 11.4 Å². The third-order valence-corrected chi connectivity index (χ3v) is 2.90. The average molecular weight is 252 g/mol. The highest BCUT2D eigenvalue weighted by atomic mass is 19.1. The second-order valence-electron chi connectivity index (χ2n) is 4.36. The van der Waals surface area contributed by atoms with E-state index in [4.69, 9.17) is 4.84 Å². The monoisotopic (exact) mass is 252 g/mol. The molecule has 2 rings (SSSR count). The minimum atomic E-state index is -0.930. The topological polar surface area (TPSA) is 41.6 Å². The number of likely N-dealkylation sites (tertiary alicyclic amines) is 1. The van der Waals surface area contributed by atoms with Gasteiger partial charge in [0, 0.05) is 6.54 Å². The highest BCUT2D eigenvalue weighted by molar-refractivity contribution is 5.67. The number of carbonyl (C=O) groups is 1. The molecule has 0 aliphatic carbocycles. The Hall–Kier alpha value is -1.62. The molecule has 1 atom stereocenters. The maximum Gasteiger partial charge on any atom is 0.428 e. The van der Waals surface area contributed by atoms with Crippen LogP contribution >= 0.6 is 0 Å². The summed E-state index contributed by atoms with van der Waals surface area (Å²) >= 11 is 0. The van der Waals surface area contributed by atoms with Crippen molar-refractivity contribution in [3.8, 4) is 0 Å². The number of nitrogens with zero attached hydrogens (tertiary/aromatic N) is 1. The molecule has 1 aromatic carbocycles. The summed E-state index contributed by atoms with van der Waals surface area (Å²) in [5, 5.41) is 0. The molecule has 1 aliphatic rings. The molecule has 0 bridgehead atoms. The number of nitrogens with one attached hydrogen (secondary N) is 1. The minimum Gasteiger partial charge on any atom is -0.353 e. The van der Waals surface area contributed by atoms with Crippen molar-refractivity contribution < 1.29 is 14.0 Å². The summed E-state index contributed by atoms with van der Waals surface area (Å²) in [6, 6.07) is 9.61. The SMILES string of the molecule is O=C(ONCc1ccccc1)N1CCCC(F)C1. The van der Waals surface area contributed by atoms with Crippen LogP contribution < -0.4 is 5.48 Å². The molecule has 1 aliphatic heterocycles. The van der Waals surface area contributed by atoms with Gasteiger partial charge in [-0.25, -0.2) is 9.18 Å². The van der Waals surface area contributed by atoms with E-state index in [1.807, 2.05) is 30.3 Å². The summed E-state index contributed by atoms with van der Waals surface area (Å²) in [6.45, 7) is 1.14. The van der Waals surface area contributed by atoms with Crippen LogP contribution in [0.4, 0.5) is 9.18 Å². The fourth-order valence-electron chi connectivity index (χ4n) is 1.93. The van der Waals surface area contributed by atoms with Crippen LogP contribution in [-0.4, -0.2) is 30.3 Å². The van der Waals surface area contributed by atoms with Gasteiger partial charge in [-0.1, -0.05) is 30.3 Å². The van der Waals surface area contributed by atoms with Gasteiger partial charge < -0.3 is 9.74 Å². The number of benzene rings is 1. The lowest BCUT2D eigenvalue weighted by Crippen LogP contribution is -2.42. The van der Waals surface area contributed by atoms with Crippen LogP contribution in [0.3, 0.4) is 0 Å². The highest BCUT2D eigenvalue weighted by Gasteiger charge is 2.24. The summed E-state index contributed by atoms with van der Waals surface area (Å²) in [7, 11) is 0. The molecule has 1 heterocycles. The Morgan fingerprint density at radius 3 is 2.94 bits per heavy atom. The van der Waals surface area contributed by atoms with Crippen molar-refractivity contribution in [2.75, 3.05) is 13.1 Å². The molecule has 1 aromatic rings. The first-order valence-corrected chi connectivity index (χ1v) is 6.12. The summed E-state index contributed by atoms with van der Waals surface area (Å²) in [5.74, 6) is 0. The van der Waals surface area contributed by atoms with Gasteiger partial charge in [0.05, 0.1) is 13.1 Å². The van der Waals surface area contributed by atoms with Crippen LogP contribution in [0.2, 0.25) is 0 Å². The fourth-order valence-corrected chi connectivity index (χ4v) is 1.93. The minimum absolute atomic E-state index is 0.131. The number of alkyl halides is 1. The van der Waals surface area contributed by atoms with E-state index >= 15 is 0 Å². The third-order valence-electron chi connectivity index (χ3n) is 2.90. The van der Waals surface area contributed by atoms with Crippen LogP contribution in [0.1, 0.15) is 18.4 Å². The van der Waals surface area contributed by atoms with E-state index < -0.39 is 12.3 Å². The highest BCUT2D eigenvalue weighted by Crippen LogP contribution is 2.13. The van der Waals surface area contributed by atoms with Gasteiger partial charge in [0.1, 0.15) is 6.17 Å². The Kier molecular flexibility index (Phi) is 4.52. The predicted molar refractivity (Wildman–Crippen MR) is 65.5 cm³/mol. The molecule has 0 aromatic heterocycles. The lowest BCUT2D eigenvalue weighted by atomic mass is 10.1. The molecule has 18 heavy (non-hydrogen) atoms. The quantitative estimate of drug-likeness (QED) is 0.839. The zero-order valence-electron chi connectivity index (χ0n) is 10.1. The molecule has 0 radical (unpaired) electrons. The molecule has 0 saturated carbocycles. The first kappa shape index (κ1) is 12.8. The normalized spacial score (nSPS) is 19.6. The van der Waals surface area contributed by atoms with Gasteiger partial charge in [-0.3, -0.25) is 0 Å². The van der Waals surface area contributed by atoms with Crippen LogP contribution in [0, 0.1) is 0 Å². The number of hydrogen-bond acceptors (Lipinski definition) is 3. The summed E-state index contributed by atoms with van der Waals surface area (Å²) in [6.07, 6.45) is -0.218. The van der Waals surface area contributed by atoms with Crippen molar-refractivity contribution in [3.63, 3.8) is 0 Å². The number of hydrogen-bond donors (Lipinski definition) is 1. The molecule has 1 saturated heterocycles. The van der Waals surface area contributed by atoms with Crippen molar-refractivity contribution in [1.29, 1.82) is 0 Å². The standard InChI is InChI=1S/C13H17FN2O2/c14-12-7-4-8-16(10-12)13(17)18-15-9-11-5-2-1-3-6-11/h1-3,5-6,12,15H,4,7-10H2. The van der Waals surface area contributed by atoms with E-state index in [1.165, 1.54) is 4.90 Å². The van der Waals surface area contributed by atoms with Crippen molar-refractivity contribution in [1.82, 2.24) is 10.4 Å². The third kappa shape index (κ3) is 3.70. The number of halogens is 1. The van der Waals surface area contributed by atoms with E-state index in [0.717, 1.165) is 5.56 Å². The first-order chi connectivity index (χ1) is 8.75. The van der Waals surface area contributed by atoms with E-state index in [9.17, 15) is 9.18 Å². The average Bonchev–Trinajstić information content (AvgIpc) is 2.40. The number of rotatable bonds is 3. The predicted octanol–water partition coefficient (Wildman–Crippen LogP) is 2.26. The van der Waals surface area contributed by atoms with E-state index in [1.54, 1.807) is 0 Å². The lowest BCUT2D eigenvalue weighted by molar-refractivity contribution is 0.0369. The Balaban J connectivity index is 1.71. The second-order valence-corrected chi connectivity index (χ2v) is 4.36. The Morgan fingerprint density at radius 2 is 2.22 bits per heavy atom. The van der Waals surface area contributed by atoms with Crippen LogP contribution in [0.15, 0.2) is 30.3 Å². The molecule has 0 spiro atoms. The summed E-state index contributed by atoms with van der Waals surface area (Å²) in [4.78, 5) is 17.9. The molecule has 4 nitrogen and oxygen atoms in total. The van der Waals surface area contributed by atoms with Crippen molar-refractivity contribution >= 4 is 6.09 Å². The number of piperidine rings is 1. The van der Waals surface area contributed by atoms with Gasteiger partial charge in [0.2, 0.25) is 0 Å². The van der Waals surface area contributed by atoms with Gasteiger partial charge >= 0.3 is 6.09 Å².